The zero-order valence-corrected chi connectivity index (χ0v) is 17.1. The Morgan fingerprint density at radius 2 is 1.34 bits per heavy atom. The van der Waals surface area contributed by atoms with Crippen molar-refractivity contribution in [3.63, 3.8) is 0 Å². The summed E-state index contributed by atoms with van der Waals surface area (Å²) in [6, 6.07) is 0. The highest BCUT2D eigenvalue weighted by Gasteiger charge is 2.55. The molecule has 0 saturated carbocycles. The van der Waals surface area contributed by atoms with E-state index in [2.05, 4.69) is 13.1 Å². The van der Waals surface area contributed by atoms with E-state index in [4.69, 9.17) is 18.6 Å². The molecule has 188 valence electrons. The fourth-order valence-corrected chi connectivity index (χ4v) is 3.99. The molecule has 2 fully saturated rings. The Morgan fingerprint density at radius 3 is 1.81 bits per heavy atom. The van der Waals surface area contributed by atoms with E-state index >= 15 is 0 Å². The van der Waals surface area contributed by atoms with Crippen molar-refractivity contribution in [2.45, 2.75) is 61.4 Å². The van der Waals surface area contributed by atoms with Gasteiger partial charge in [0.2, 0.25) is 0 Å². The van der Waals surface area contributed by atoms with Gasteiger partial charge in [0.1, 0.15) is 36.6 Å². The number of rotatable bonds is 8. The molecule has 0 unspecified atom stereocenters. The molecule has 2 saturated heterocycles. The van der Waals surface area contributed by atoms with Crippen LogP contribution in [0.4, 0.5) is 0 Å². The Labute approximate surface area is 179 Å². The number of carbonyl (C=O) groups is 1. The highest BCUT2D eigenvalue weighted by atomic mass is 32.3. The van der Waals surface area contributed by atoms with Crippen molar-refractivity contribution in [2.24, 2.45) is 0 Å². The molecule has 0 bridgehead atoms. The van der Waals surface area contributed by atoms with Gasteiger partial charge in [-0.15, -0.1) is 0 Å². The van der Waals surface area contributed by atoms with E-state index < -0.39 is 94.8 Å². The van der Waals surface area contributed by atoms with E-state index in [1.807, 2.05) is 0 Å². The minimum atomic E-state index is -5.42. The maximum atomic E-state index is 11.5. The fourth-order valence-electron chi connectivity index (χ4n) is 3.00. The quantitative estimate of drug-likeness (QED) is 0.139. The first-order valence-corrected chi connectivity index (χ1v) is 11.1. The van der Waals surface area contributed by atoms with E-state index in [0.717, 1.165) is 0 Å². The molecule has 2 aliphatic heterocycles. The minimum Gasteiger partial charge on any atom is -0.479 e. The molecule has 0 radical (unpaired) electrons. The van der Waals surface area contributed by atoms with Crippen LogP contribution >= 0.6 is 0 Å². The second-order valence-corrected chi connectivity index (χ2v) is 8.66. The van der Waals surface area contributed by atoms with Crippen LogP contribution in [0.25, 0.3) is 0 Å². The van der Waals surface area contributed by atoms with Gasteiger partial charge in [-0.3, -0.25) is 9.11 Å². The van der Waals surface area contributed by atoms with Crippen LogP contribution in [-0.4, -0.2) is 131 Å². The molecule has 20 heteroatoms. The topological polar surface area (TPSA) is 293 Å². The first-order chi connectivity index (χ1) is 14.6. The Kier molecular flexibility index (Phi) is 8.50. The average molecular weight is 516 g/mol. The van der Waals surface area contributed by atoms with Gasteiger partial charge in [0.15, 0.2) is 24.8 Å². The Morgan fingerprint density at radius 1 is 0.812 bits per heavy atom. The average Bonchev–Trinajstić information content (AvgIpc) is 2.64. The third kappa shape index (κ3) is 6.48. The van der Waals surface area contributed by atoms with Gasteiger partial charge < -0.3 is 44.8 Å². The van der Waals surface area contributed by atoms with Gasteiger partial charge in [0, 0.05) is 0 Å². The predicted molar refractivity (Wildman–Crippen MR) is 90.0 cm³/mol. The predicted octanol–water partition coefficient (Wildman–Crippen LogP) is -5.65. The number of aliphatic hydroxyl groups is 5. The summed E-state index contributed by atoms with van der Waals surface area (Å²) in [6.45, 7) is -1.01. The summed E-state index contributed by atoms with van der Waals surface area (Å²) >= 11 is 0. The third-order valence-electron chi connectivity index (χ3n) is 4.36. The second-order valence-electron chi connectivity index (χ2n) is 6.56. The second kappa shape index (κ2) is 10.0. The summed E-state index contributed by atoms with van der Waals surface area (Å²) in [6.07, 6.45) is -22.4. The van der Waals surface area contributed by atoms with E-state index in [0.29, 0.717) is 0 Å². The number of carboxylic acid groups (broad SMARTS) is 1. The zero-order chi connectivity index (χ0) is 24.6. The molecule has 2 rings (SSSR count). The van der Waals surface area contributed by atoms with Crippen molar-refractivity contribution in [1.29, 1.82) is 0 Å². The molecule has 8 N–H and O–H groups in total. The molecule has 10 atom stereocenters. The summed E-state index contributed by atoms with van der Waals surface area (Å²) in [5, 5.41) is 58.1. The number of aliphatic carboxylic acids is 1. The summed E-state index contributed by atoms with van der Waals surface area (Å²) in [5.74, 6) is -1.94. The van der Waals surface area contributed by atoms with Gasteiger partial charge in [-0.25, -0.2) is 13.2 Å². The van der Waals surface area contributed by atoms with Crippen LogP contribution in [0.1, 0.15) is 0 Å². The summed E-state index contributed by atoms with van der Waals surface area (Å²) in [7, 11) is -10.8. The van der Waals surface area contributed by atoms with Crippen molar-refractivity contribution in [3.8, 4) is 0 Å². The molecule has 32 heavy (non-hydrogen) atoms. The van der Waals surface area contributed by atoms with Crippen LogP contribution in [0.15, 0.2) is 0 Å². The Hall–Kier alpha value is -1.11. The lowest BCUT2D eigenvalue weighted by Gasteiger charge is -2.45. The fraction of sp³-hybridized carbons (Fsp3) is 0.917. The van der Waals surface area contributed by atoms with Gasteiger partial charge in [0.25, 0.3) is 0 Å². The molecule has 0 amide bonds. The highest BCUT2D eigenvalue weighted by Crippen LogP contribution is 2.32. The SMILES string of the molecule is O=C(O)[C@@H]1O[C@@H](O)[C@H](O)[C@@H](OS(=O)(=O)O)[C@@H]1O[C@H]1O[C@H](CO)[C@@H](O)[C@H](O)[C@H]1OS(=O)(=O)O. The van der Waals surface area contributed by atoms with Gasteiger partial charge in [0.05, 0.1) is 6.61 Å². The Bertz CT molecular complexity index is 872. The van der Waals surface area contributed by atoms with Crippen molar-refractivity contribution in [2.75, 3.05) is 6.61 Å². The van der Waals surface area contributed by atoms with E-state index in [9.17, 15) is 52.3 Å². The molecule has 0 spiro atoms. The number of aliphatic hydroxyl groups excluding tert-OH is 5. The summed E-state index contributed by atoms with van der Waals surface area (Å²) in [4.78, 5) is 11.5. The maximum absolute atomic E-state index is 11.5. The standard InChI is InChI=1S/C12H20O18S2/c13-1-2-3(14)4(15)7(30-32(23,24)25)12(26-2)28-8-6(29-31(20,21)22)5(16)11(19)27-9(8)10(17)18/h2-9,11-16,19H,1H2,(H,17,18)(H,20,21,22)(H,23,24,25)/t2-,3-,4+,5-,6-,7-,8+,9-,11-,12-/m1/s1. The summed E-state index contributed by atoms with van der Waals surface area (Å²) in [5.41, 5.74) is 0. The van der Waals surface area contributed by atoms with Crippen LogP contribution in [0.5, 0.6) is 0 Å². The van der Waals surface area contributed by atoms with E-state index in [-0.39, 0.29) is 0 Å². The lowest BCUT2D eigenvalue weighted by atomic mass is 9.97. The van der Waals surface area contributed by atoms with Gasteiger partial charge in [-0.1, -0.05) is 0 Å². The van der Waals surface area contributed by atoms with Gasteiger partial charge >= 0.3 is 26.8 Å². The monoisotopic (exact) mass is 516 g/mol. The van der Waals surface area contributed by atoms with Crippen LogP contribution in [0.3, 0.4) is 0 Å². The lowest BCUT2D eigenvalue weighted by Crippen LogP contribution is -2.66. The largest absolute Gasteiger partial charge is 0.479 e. The number of ether oxygens (including phenoxy) is 3. The van der Waals surface area contributed by atoms with Crippen LogP contribution in [0, 0.1) is 0 Å². The van der Waals surface area contributed by atoms with Crippen LogP contribution in [-0.2, 0) is 48.2 Å². The van der Waals surface area contributed by atoms with E-state index in [1.165, 1.54) is 0 Å². The molecule has 18 nitrogen and oxygen atoms in total. The summed E-state index contributed by atoms with van der Waals surface area (Å²) < 4.78 is 85.4. The molecule has 2 heterocycles. The normalized spacial score (nSPS) is 41.3. The minimum absolute atomic E-state index is 1.01. The zero-order valence-electron chi connectivity index (χ0n) is 15.5. The van der Waals surface area contributed by atoms with Gasteiger partial charge in [-0.2, -0.15) is 16.8 Å². The lowest BCUT2D eigenvalue weighted by molar-refractivity contribution is -0.345. The highest BCUT2D eigenvalue weighted by molar-refractivity contribution is 7.81. The van der Waals surface area contributed by atoms with Crippen molar-refractivity contribution >= 4 is 26.8 Å². The van der Waals surface area contributed by atoms with Crippen LogP contribution < -0.4 is 0 Å². The first-order valence-electron chi connectivity index (χ1n) is 8.39. The molecular formula is C12H20O18S2. The van der Waals surface area contributed by atoms with Crippen LogP contribution in [0.2, 0.25) is 0 Å². The smallest absolute Gasteiger partial charge is 0.397 e. The molecule has 0 aromatic rings. The molecular weight excluding hydrogens is 496 g/mol. The van der Waals surface area contributed by atoms with Crippen molar-refractivity contribution in [1.82, 2.24) is 0 Å². The molecule has 0 aromatic heterocycles. The number of hydrogen-bond acceptors (Lipinski definition) is 15. The van der Waals surface area contributed by atoms with Gasteiger partial charge in [-0.05, 0) is 0 Å². The van der Waals surface area contributed by atoms with E-state index in [1.54, 1.807) is 0 Å². The number of hydrogen-bond donors (Lipinski definition) is 8. The molecule has 0 aliphatic carbocycles. The maximum Gasteiger partial charge on any atom is 0.397 e. The van der Waals surface area contributed by atoms with Crippen molar-refractivity contribution in [3.05, 3.63) is 0 Å². The Balaban J connectivity index is 2.46. The molecule has 0 aromatic carbocycles. The van der Waals surface area contributed by atoms with Crippen molar-refractivity contribution < 1.29 is 84.0 Å². The third-order valence-corrected chi connectivity index (χ3v) is 5.29. The first kappa shape index (κ1) is 27.1. The molecule has 2 aliphatic rings. The number of carboxylic acids is 1.